The van der Waals surface area contributed by atoms with Crippen LogP contribution in [0.1, 0.15) is 11.1 Å². The predicted octanol–water partition coefficient (Wildman–Crippen LogP) is 4.07. The van der Waals surface area contributed by atoms with Crippen LogP contribution in [-0.2, 0) is 16.1 Å². The minimum Gasteiger partial charge on any atom is -0.458 e. The maximum absolute atomic E-state index is 11.7. The summed E-state index contributed by atoms with van der Waals surface area (Å²) in [5, 5.41) is 10.5. The van der Waals surface area contributed by atoms with Gasteiger partial charge in [-0.2, -0.15) is 0 Å². The Morgan fingerprint density at radius 1 is 1.17 bits per heavy atom. The molecular weight excluding hydrogens is 314 g/mol. The van der Waals surface area contributed by atoms with Crippen molar-refractivity contribution >= 4 is 29.5 Å². The number of hydrogen-bond donors (Lipinski definition) is 0. The number of benzene rings is 2. The highest BCUT2D eigenvalue weighted by Gasteiger charge is 2.05. The minimum atomic E-state index is -0.471. The molecule has 0 heterocycles. The van der Waals surface area contributed by atoms with Crippen LogP contribution in [0.25, 0.3) is 6.08 Å². The summed E-state index contributed by atoms with van der Waals surface area (Å²) in [6, 6.07) is 13.7. The lowest BCUT2D eigenvalue weighted by atomic mass is 10.2. The maximum Gasteiger partial charge on any atom is 0.331 e. The molecule has 0 spiro atoms. The fourth-order valence-electron chi connectivity index (χ4n) is 1.80. The van der Waals surface area contributed by atoms with Gasteiger partial charge in [-0.3, -0.25) is 10.1 Å². The van der Waals surface area contributed by atoms with Crippen molar-refractivity contribution in [1.29, 1.82) is 0 Å². The van der Waals surface area contributed by atoms with E-state index in [2.05, 4.69) is 0 Å². The van der Waals surface area contributed by atoms with Crippen molar-refractivity contribution in [2.75, 3.05) is 6.26 Å². The molecule has 0 bridgehead atoms. The molecule has 0 radical (unpaired) electrons. The van der Waals surface area contributed by atoms with Gasteiger partial charge in [0.25, 0.3) is 5.69 Å². The van der Waals surface area contributed by atoms with E-state index in [0.717, 1.165) is 10.5 Å². The molecule has 0 aliphatic rings. The Balaban J connectivity index is 1.86. The smallest absolute Gasteiger partial charge is 0.331 e. The third kappa shape index (κ3) is 5.27. The Bertz CT molecular complexity index is 708. The van der Waals surface area contributed by atoms with Gasteiger partial charge < -0.3 is 4.74 Å². The number of esters is 1. The van der Waals surface area contributed by atoms with Gasteiger partial charge >= 0.3 is 5.97 Å². The standard InChI is InChI=1S/C17H15NO4S/c1-23-16-9-4-13(5-10-16)6-11-17(19)22-12-14-2-7-15(8-3-14)18(20)21/h2-11H,12H2,1H3. The monoisotopic (exact) mass is 329 g/mol. The highest BCUT2D eigenvalue weighted by molar-refractivity contribution is 7.98. The summed E-state index contributed by atoms with van der Waals surface area (Å²) in [4.78, 5) is 22.9. The van der Waals surface area contributed by atoms with Gasteiger partial charge in [0.15, 0.2) is 0 Å². The highest BCUT2D eigenvalue weighted by Crippen LogP contribution is 2.16. The lowest BCUT2D eigenvalue weighted by Gasteiger charge is -2.02. The van der Waals surface area contributed by atoms with Crippen LogP contribution in [0.4, 0.5) is 5.69 Å². The first-order valence-corrected chi connectivity index (χ1v) is 8.03. The second kappa shape index (κ2) is 8.14. The summed E-state index contributed by atoms with van der Waals surface area (Å²) in [5.74, 6) is -0.461. The zero-order chi connectivity index (χ0) is 16.7. The molecule has 0 aromatic heterocycles. The van der Waals surface area contributed by atoms with Crippen molar-refractivity contribution in [2.45, 2.75) is 11.5 Å². The maximum atomic E-state index is 11.7. The van der Waals surface area contributed by atoms with Crippen molar-refractivity contribution in [3.8, 4) is 0 Å². The Morgan fingerprint density at radius 2 is 1.83 bits per heavy atom. The summed E-state index contributed by atoms with van der Waals surface area (Å²) < 4.78 is 5.10. The zero-order valence-corrected chi connectivity index (χ0v) is 13.3. The number of nitro groups is 1. The molecule has 0 fully saturated rings. The van der Waals surface area contributed by atoms with Gasteiger partial charge in [0, 0.05) is 23.1 Å². The number of non-ortho nitro benzene ring substituents is 1. The highest BCUT2D eigenvalue weighted by atomic mass is 32.2. The lowest BCUT2D eigenvalue weighted by molar-refractivity contribution is -0.384. The van der Waals surface area contributed by atoms with E-state index in [1.165, 1.54) is 18.2 Å². The van der Waals surface area contributed by atoms with Crippen molar-refractivity contribution in [3.63, 3.8) is 0 Å². The first-order chi connectivity index (χ1) is 11.1. The topological polar surface area (TPSA) is 69.4 Å². The third-order valence-electron chi connectivity index (χ3n) is 3.06. The minimum absolute atomic E-state index is 0.00802. The largest absolute Gasteiger partial charge is 0.458 e. The molecule has 0 amide bonds. The van der Waals surface area contributed by atoms with Gasteiger partial charge in [0.1, 0.15) is 6.61 Å². The quantitative estimate of drug-likeness (QED) is 0.263. The van der Waals surface area contributed by atoms with E-state index in [1.807, 2.05) is 30.5 Å². The van der Waals surface area contributed by atoms with Crippen LogP contribution in [0.15, 0.2) is 59.5 Å². The molecule has 0 unspecified atom stereocenters. The Kier molecular flexibility index (Phi) is 5.94. The average Bonchev–Trinajstić information content (AvgIpc) is 2.59. The van der Waals surface area contributed by atoms with Gasteiger partial charge in [-0.15, -0.1) is 11.8 Å². The van der Waals surface area contributed by atoms with Crippen molar-refractivity contribution in [3.05, 3.63) is 75.8 Å². The SMILES string of the molecule is CSc1ccc(C=CC(=O)OCc2ccc([N+](=O)[O-])cc2)cc1. The van der Waals surface area contributed by atoms with Crippen molar-refractivity contribution in [1.82, 2.24) is 0 Å². The zero-order valence-electron chi connectivity index (χ0n) is 12.5. The number of carbonyl (C=O) groups excluding carboxylic acids is 1. The molecule has 0 atom stereocenters. The van der Waals surface area contributed by atoms with Crippen molar-refractivity contribution < 1.29 is 14.5 Å². The summed E-state index contributed by atoms with van der Waals surface area (Å²) in [7, 11) is 0. The first-order valence-electron chi connectivity index (χ1n) is 6.81. The molecule has 118 valence electrons. The molecular formula is C17H15NO4S. The fraction of sp³-hybridized carbons (Fsp3) is 0.118. The molecule has 2 rings (SSSR count). The molecule has 0 aliphatic heterocycles. The van der Waals surface area contributed by atoms with E-state index >= 15 is 0 Å². The normalized spacial score (nSPS) is 10.7. The van der Waals surface area contributed by atoms with Crippen LogP contribution in [0.2, 0.25) is 0 Å². The van der Waals surface area contributed by atoms with Crippen LogP contribution in [0, 0.1) is 10.1 Å². The number of carbonyl (C=O) groups is 1. The van der Waals surface area contributed by atoms with Gasteiger partial charge in [-0.25, -0.2) is 4.79 Å². The summed E-state index contributed by atoms with van der Waals surface area (Å²) in [6.07, 6.45) is 5.04. The predicted molar refractivity (Wildman–Crippen MR) is 90.1 cm³/mol. The second-order valence-electron chi connectivity index (χ2n) is 4.64. The summed E-state index contributed by atoms with van der Waals surface area (Å²) in [5.41, 5.74) is 1.62. The number of hydrogen-bond acceptors (Lipinski definition) is 5. The van der Waals surface area contributed by atoms with E-state index in [4.69, 9.17) is 4.74 Å². The van der Waals surface area contributed by atoms with Gasteiger partial charge in [-0.05, 0) is 47.7 Å². The summed E-state index contributed by atoms with van der Waals surface area (Å²) in [6.45, 7) is 0.0760. The molecule has 0 N–H and O–H groups in total. The van der Waals surface area contributed by atoms with Crippen LogP contribution in [-0.4, -0.2) is 17.1 Å². The third-order valence-corrected chi connectivity index (χ3v) is 3.80. The molecule has 2 aromatic rings. The molecule has 0 saturated heterocycles. The van der Waals surface area contributed by atoms with Crippen LogP contribution < -0.4 is 0 Å². The number of thioether (sulfide) groups is 1. The van der Waals surface area contributed by atoms with Crippen LogP contribution in [0.5, 0.6) is 0 Å². The number of rotatable bonds is 6. The van der Waals surface area contributed by atoms with E-state index < -0.39 is 10.9 Å². The lowest BCUT2D eigenvalue weighted by Crippen LogP contribution is -2.00. The first kappa shape index (κ1) is 16.8. The van der Waals surface area contributed by atoms with Crippen LogP contribution in [0.3, 0.4) is 0 Å². The van der Waals surface area contributed by atoms with E-state index in [1.54, 1.807) is 30.0 Å². The molecule has 0 saturated carbocycles. The molecule has 2 aromatic carbocycles. The second-order valence-corrected chi connectivity index (χ2v) is 5.52. The Morgan fingerprint density at radius 3 is 2.39 bits per heavy atom. The Hall–Kier alpha value is -2.60. The van der Waals surface area contributed by atoms with Gasteiger partial charge in [0.2, 0.25) is 0 Å². The fourth-order valence-corrected chi connectivity index (χ4v) is 2.20. The average molecular weight is 329 g/mol. The van der Waals surface area contributed by atoms with Crippen molar-refractivity contribution in [2.24, 2.45) is 0 Å². The molecule has 0 aliphatic carbocycles. The number of nitrogens with zero attached hydrogens (tertiary/aromatic N) is 1. The van der Waals surface area contributed by atoms with Crippen LogP contribution >= 0.6 is 11.8 Å². The molecule has 23 heavy (non-hydrogen) atoms. The molecule has 5 nitrogen and oxygen atoms in total. The van der Waals surface area contributed by atoms with Gasteiger partial charge in [-0.1, -0.05) is 12.1 Å². The summed E-state index contributed by atoms with van der Waals surface area (Å²) >= 11 is 1.65. The van der Waals surface area contributed by atoms with E-state index in [-0.39, 0.29) is 12.3 Å². The number of ether oxygens (including phenoxy) is 1. The van der Waals surface area contributed by atoms with Gasteiger partial charge in [0.05, 0.1) is 4.92 Å². The number of nitro benzene ring substituents is 1. The van der Waals surface area contributed by atoms with E-state index in [0.29, 0.717) is 5.56 Å². The van der Waals surface area contributed by atoms with E-state index in [9.17, 15) is 14.9 Å². The molecule has 6 heteroatoms. The Labute approximate surface area is 138 Å².